The summed E-state index contributed by atoms with van der Waals surface area (Å²) in [6.07, 6.45) is -1.06. The highest BCUT2D eigenvalue weighted by molar-refractivity contribution is 7.15. The van der Waals surface area contributed by atoms with Gasteiger partial charge in [0.1, 0.15) is 11.5 Å². The van der Waals surface area contributed by atoms with Gasteiger partial charge in [0.05, 0.1) is 15.4 Å². The molecule has 170 valence electrons. The molecule has 1 atom stereocenters. The van der Waals surface area contributed by atoms with E-state index in [2.05, 4.69) is 15.3 Å². The first-order chi connectivity index (χ1) is 14.4. The minimum atomic E-state index is -4.59. The van der Waals surface area contributed by atoms with Gasteiger partial charge in [-0.2, -0.15) is 13.2 Å². The molecule has 1 saturated heterocycles. The molecule has 0 bridgehead atoms. The number of hydrogen-bond donors (Lipinski definition) is 1. The van der Waals surface area contributed by atoms with Crippen LogP contribution in [0.15, 0.2) is 12.3 Å². The molecule has 0 unspecified atom stereocenters. The van der Waals surface area contributed by atoms with Gasteiger partial charge < -0.3 is 10.2 Å². The average Bonchev–Trinajstić information content (AvgIpc) is 3.30. The van der Waals surface area contributed by atoms with E-state index in [4.69, 9.17) is 0 Å². The Kier molecular flexibility index (Phi) is 6.64. The second-order valence-electron chi connectivity index (χ2n) is 9.16. The van der Waals surface area contributed by atoms with E-state index in [1.54, 1.807) is 4.90 Å². The van der Waals surface area contributed by atoms with Crippen molar-refractivity contribution in [3.8, 4) is 10.4 Å². The summed E-state index contributed by atoms with van der Waals surface area (Å²) in [6, 6.07) is 1.08. The molecule has 3 heterocycles. The third kappa shape index (κ3) is 5.37. The third-order valence-electron chi connectivity index (χ3n) is 5.24. The quantitative estimate of drug-likeness (QED) is 0.614. The molecule has 2 aromatic rings. The average molecular weight is 455 g/mol. The minimum Gasteiger partial charge on any atom is -0.370 e. The summed E-state index contributed by atoms with van der Waals surface area (Å²) < 4.78 is 42.0. The summed E-state index contributed by atoms with van der Waals surface area (Å²) in [6.45, 7) is 10.9. The Labute approximate surface area is 185 Å². The number of alkyl halides is 3. The van der Waals surface area contributed by atoms with Crippen molar-refractivity contribution in [3.05, 3.63) is 28.5 Å². The maximum atomic E-state index is 14.0. The number of likely N-dealkylation sites (tertiary alicyclic amines) is 1. The Morgan fingerprint density at radius 1 is 1.32 bits per heavy atom. The Morgan fingerprint density at radius 3 is 2.58 bits per heavy atom. The van der Waals surface area contributed by atoms with Gasteiger partial charge >= 0.3 is 6.18 Å². The number of carbonyl (C=O) groups excluding carboxylic acids is 1. The molecule has 3 rings (SSSR count). The molecule has 31 heavy (non-hydrogen) atoms. The molecule has 9 heteroatoms. The number of nitrogens with one attached hydrogen (secondary N) is 1. The molecule has 0 saturated carbocycles. The number of halogens is 3. The van der Waals surface area contributed by atoms with Crippen LogP contribution in [-0.4, -0.2) is 39.9 Å². The Bertz CT molecular complexity index is 949. The summed E-state index contributed by atoms with van der Waals surface area (Å²) in [5.74, 6) is -0.147. The number of hydrogen-bond acceptors (Lipinski definition) is 5. The largest absolute Gasteiger partial charge is 0.417 e. The van der Waals surface area contributed by atoms with Crippen LogP contribution in [0.2, 0.25) is 0 Å². The zero-order valence-corrected chi connectivity index (χ0v) is 19.4. The van der Waals surface area contributed by atoms with Crippen LogP contribution in [0.1, 0.15) is 68.5 Å². The van der Waals surface area contributed by atoms with Gasteiger partial charge in [-0.25, -0.2) is 9.97 Å². The van der Waals surface area contributed by atoms with Crippen LogP contribution in [0.25, 0.3) is 10.4 Å². The van der Waals surface area contributed by atoms with E-state index in [0.29, 0.717) is 24.5 Å². The van der Waals surface area contributed by atoms with Crippen molar-refractivity contribution in [2.45, 2.75) is 66.1 Å². The predicted molar refractivity (Wildman–Crippen MR) is 117 cm³/mol. The number of nitrogens with zero attached hydrogens (tertiary/aromatic N) is 3. The van der Waals surface area contributed by atoms with Crippen molar-refractivity contribution < 1.29 is 18.0 Å². The molecule has 1 fully saturated rings. The van der Waals surface area contributed by atoms with E-state index in [9.17, 15) is 18.0 Å². The van der Waals surface area contributed by atoms with Crippen molar-refractivity contribution in [1.29, 1.82) is 0 Å². The topological polar surface area (TPSA) is 58.1 Å². The van der Waals surface area contributed by atoms with Crippen LogP contribution in [-0.2, 0) is 12.6 Å². The summed E-state index contributed by atoms with van der Waals surface area (Å²) >= 11 is 1.14. The normalized spacial score (nSPS) is 17.3. The van der Waals surface area contributed by atoms with Gasteiger partial charge in [-0.05, 0) is 37.7 Å². The lowest BCUT2D eigenvalue weighted by Crippen LogP contribution is -2.34. The van der Waals surface area contributed by atoms with Gasteiger partial charge in [-0.1, -0.05) is 27.7 Å². The number of aryl methyl sites for hydroxylation is 1. The van der Waals surface area contributed by atoms with Gasteiger partial charge in [0.15, 0.2) is 0 Å². The molecule has 2 aromatic heterocycles. The Hall–Kier alpha value is -2.16. The van der Waals surface area contributed by atoms with Crippen LogP contribution < -0.4 is 5.32 Å². The standard InChI is InChI=1S/C22H29F3N4OS/c1-6-17-28-18(20(30)29-9-7-8-13(29)2)19(31-17)14-11-26-16(27-12-21(3,4)5)10-15(14)22(23,24)25/h10-11,13H,6-9,12H2,1-5H3,(H,26,27)/t13-/m0/s1. The summed E-state index contributed by atoms with van der Waals surface area (Å²) in [7, 11) is 0. The van der Waals surface area contributed by atoms with E-state index in [1.165, 1.54) is 6.20 Å². The number of pyridine rings is 1. The molecular weight excluding hydrogens is 425 g/mol. The summed E-state index contributed by atoms with van der Waals surface area (Å²) in [4.78, 5) is 23.8. The summed E-state index contributed by atoms with van der Waals surface area (Å²) in [5, 5.41) is 3.61. The number of aromatic nitrogens is 2. The van der Waals surface area contributed by atoms with Crippen LogP contribution in [0.5, 0.6) is 0 Å². The SMILES string of the molecule is CCc1nc(C(=O)N2CCC[C@@H]2C)c(-c2cnc(NCC(C)(C)C)cc2C(F)(F)F)s1. The first-order valence-electron chi connectivity index (χ1n) is 10.5. The zero-order chi connectivity index (χ0) is 23.0. The Balaban J connectivity index is 2.07. The summed E-state index contributed by atoms with van der Waals surface area (Å²) in [5.41, 5.74) is -0.924. The second kappa shape index (κ2) is 8.76. The van der Waals surface area contributed by atoms with E-state index in [0.717, 1.165) is 30.2 Å². The lowest BCUT2D eigenvalue weighted by Gasteiger charge is -2.22. The number of thiazole rings is 1. The molecule has 0 spiro atoms. The maximum absolute atomic E-state index is 14.0. The van der Waals surface area contributed by atoms with Crippen LogP contribution in [0.3, 0.4) is 0 Å². The van der Waals surface area contributed by atoms with Gasteiger partial charge in [-0.3, -0.25) is 4.79 Å². The molecule has 1 aliphatic rings. The number of anilines is 1. The lowest BCUT2D eigenvalue weighted by molar-refractivity contribution is -0.137. The van der Waals surface area contributed by atoms with Crippen LogP contribution in [0, 0.1) is 5.41 Å². The van der Waals surface area contributed by atoms with Gasteiger partial charge in [0.25, 0.3) is 5.91 Å². The lowest BCUT2D eigenvalue weighted by atomic mass is 9.97. The smallest absolute Gasteiger partial charge is 0.370 e. The second-order valence-corrected chi connectivity index (χ2v) is 10.2. The fourth-order valence-electron chi connectivity index (χ4n) is 3.54. The highest BCUT2D eigenvalue weighted by Crippen LogP contribution is 2.42. The highest BCUT2D eigenvalue weighted by atomic mass is 32.1. The number of amides is 1. The molecule has 0 aliphatic carbocycles. The van der Waals surface area contributed by atoms with E-state index >= 15 is 0 Å². The van der Waals surface area contributed by atoms with Crippen LogP contribution in [0.4, 0.5) is 19.0 Å². The van der Waals surface area contributed by atoms with Crippen molar-refractivity contribution in [3.63, 3.8) is 0 Å². The van der Waals surface area contributed by atoms with Crippen molar-refractivity contribution in [2.24, 2.45) is 5.41 Å². The van der Waals surface area contributed by atoms with E-state index in [-0.39, 0.29) is 39.3 Å². The monoisotopic (exact) mass is 454 g/mol. The molecule has 0 aromatic carbocycles. The van der Waals surface area contributed by atoms with Crippen molar-refractivity contribution >= 4 is 23.1 Å². The van der Waals surface area contributed by atoms with E-state index < -0.39 is 11.7 Å². The van der Waals surface area contributed by atoms with Gasteiger partial charge in [0.2, 0.25) is 0 Å². The fourth-order valence-corrected chi connectivity index (χ4v) is 4.56. The molecule has 5 nitrogen and oxygen atoms in total. The van der Waals surface area contributed by atoms with E-state index in [1.807, 2.05) is 34.6 Å². The fraction of sp³-hybridized carbons (Fsp3) is 0.591. The van der Waals surface area contributed by atoms with Gasteiger partial charge in [-0.15, -0.1) is 11.3 Å². The first kappa shape index (κ1) is 23.5. The Morgan fingerprint density at radius 2 is 2.03 bits per heavy atom. The molecule has 0 radical (unpaired) electrons. The predicted octanol–water partition coefficient (Wildman–Crippen LogP) is 5.87. The van der Waals surface area contributed by atoms with Crippen LogP contribution >= 0.6 is 11.3 Å². The highest BCUT2D eigenvalue weighted by Gasteiger charge is 2.37. The number of rotatable bonds is 5. The molecule has 1 aliphatic heterocycles. The molecular formula is C22H29F3N4OS. The molecule has 1 N–H and O–H groups in total. The number of carbonyl (C=O) groups is 1. The van der Waals surface area contributed by atoms with Crippen molar-refractivity contribution in [1.82, 2.24) is 14.9 Å². The minimum absolute atomic E-state index is 0.0521. The van der Waals surface area contributed by atoms with Gasteiger partial charge in [0, 0.05) is 30.9 Å². The van der Waals surface area contributed by atoms with Crippen molar-refractivity contribution in [2.75, 3.05) is 18.4 Å². The maximum Gasteiger partial charge on any atom is 0.417 e. The first-order valence-corrected chi connectivity index (χ1v) is 11.3. The zero-order valence-electron chi connectivity index (χ0n) is 18.6. The third-order valence-corrected chi connectivity index (χ3v) is 6.48. The molecule has 1 amide bonds.